The summed E-state index contributed by atoms with van der Waals surface area (Å²) in [5.74, 6) is -0.0933. The van der Waals surface area contributed by atoms with E-state index in [1.807, 2.05) is 6.92 Å². The maximum absolute atomic E-state index is 11.4. The molecule has 1 amide bonds. The Balaban J connectivity index is 2.51. The van der Waals surface area contributed by atoms with E-state index in [-0.39, 0.29) is 12.5 Å². The number of carbonyl (C=O) groups excluding carboxylic acids is 1. The highest BCUT2D eigenvalue weighted by Gasteiger charge is 2.08. The van der Waals surface area contributed by atoms with Gasteiger partial charge in [-0.15, -0.1) is 11.3 Å². The zero-order valence-electron chi connectivity index (χ0n) is 8.66. The van der Waals surface area contributed by atoms with Gasteiger partial charge in [0.25, 0.3) is 0 Å². The molecule has 4 nitrogen and oxygen atoms in total. The predicted molar refractivity (Wildman–Crippen MR) is 62.6 cm³/mol. The van der Waals surface area contributed by atoms with Gasteiger partial charge in [-0.05, 0) is 26.1 Å². The summed E-state index contributed by atoms with van der Waals surface area (Å²) in [5, 5.41) is 11.6. The first-order valence-electron chi connectivity index (χ1n) is 4.62. The molecule has 0 aliphatic rings. The van der Waals surface area contributed by atoms with Crippen molar-refractivity contribution >= 4 is 29.5 Å². The van der Waals surface area contributed by atoms with Gasteiger partial charge < -0.3 is 15.4 Å². The molecule has 0 spiro atoms. The van der Waals surface area contributed by atoms with Crippen LogP contribution in [0.2, 0.25) is 0 Å². The number of nitrogens with one attached hydrogen (secondary N) is 2. The van der Waals surface area contributed by atoms with Crippen molar-refractivity contribution in [3.8, 4) is 0 Å². The second-order valence-electron chi connectivity index (χ2n) is 3.39. The first-order chi connectivity index (χ1) is 6.99. The van der Waals surface area contributed by atoms with Crippen molar-refractivity contribution in [2.24, 2.45) is 0 Å². The van der Waals surface area contributed by atoms with E-state index in [4.69, 9.17) is 17.3 Å². The van der Waals surface area contributed by atoms with Crippen LogP contribution in [0.3, 0.4) is 0 Å². The fraction of sp³-hybridized carbons (Fsp3) is 0.556. The van der Waals surface area contributed by atoms with Crippen LogP contribution in [-0.2, 0) is 11.2 Å². The summed E-state index contributed by atoms with van der Waals surface area (Å²) in [6, 6.07) is 0. The van der Waals surface area contributed by atoms with Crippen LogP contribution in [0.5, 0.6) is 0 Å². The lowest BCUT2D eigenvalue weighted by molar-refractivity contribution is -0.120. The number of thiazole rings is 1. The lowest BCUT2D eigenvalue weighted by atomic mass is 10.3. The summed E-state index contributed by atoms with van der Waals surface area (Å²) in [5.41, 5.74) is 0.942. The van der Waals surface area contributed by atoms with E-state index < -0.39 is 6.10 Å². The highest BCUT2D eigenvalue weighted by molar-refractivity contribution is 7.73. The lowest BCUT2D eigenvalue weighted by Gasteiger charge is -2.06. The normalized spacial score (nSPS) is 12.5. The van der Waals surface area contributed by atoms with Crippen LogP contribution in [-0.4, -0.2) is 28.6 Å². The van der Waals surface area contributed by atoms with Crippen molar-refractivity contribution < 1.29 is 9.90 Å². The first-order valence-corrected chi connectivity index (χ1v) is 5.85. The molecule has 1 heterocycles. The third-order valence-corrected chi connectivity index (χ3v) is 3.18. The van der Waals surface area contributed by atoms with Crippen molar-refractivity contribution in [2.75, 3.05) is 6.54 Å². The number of H-pyrrole nitrogens is 1. The quantitative estimate of drug-likeness (QED) is 0.698. The summed E-state index contributed by atoms with van der Waals surface area (Å²) >= 11 is 6.38. The van der Waals surface area contributed by atoms with Crippen molar-refractivity contribution in [1.82, 2.24) is 10.3 Å². The molecule has 1 aromatic heterocycles. The molecule has 15 heavy (non-hydrogen) atoms. The number of aliphatic hydroxyl groups is 1. The number of carbonyl (C=O) groups is 1. The van der Waals surface area contributed by atoms with E-state index in [1.165, 1.54) is 11.3 Å². The molecule has 0 saturated carbocycles. The van der Waals surface area contributed by atoms with Crippen LogP contribution in [0.15, 0.2) is 0 Å². The smallest absolute Gasteiger partial charge is 0.225 e. The molecule has 1 rings (SSSR count). The monoisotopic (exact) mass is 246 g/mol. The molecule has 0 aliphatic heterocycles. The predicted octanol–water partition coefficient (Wildman–Crippen LogP) is 1.15. The highest BCUT2D eigenvalue weighted by atomic mass is 32.1. The van der Waals surface area contributed by atoms with E-state index in [2.05, 4.69) is 10.3 Å². The number of aryl methyl sites for hydroxylation is 1. The summed E-state index contributed by atoms with van der Waals surface area (Å²) in [7, 11) is 0. The van der Waals surface area contributed by atoms with Gasteiger partial charge in [0.2, 0.25) is 5.91 Å². The zero-order chi connectivity index (χ0) is 11.4. The molecule has 84 valence electrons. The molecule has 3 N–H and O–H groups in total. The number of hydrogen-bond acceptors (Lipinski definition) is 4. The van der Waals surface area contributed by atoms with Crippen molar-refractivity contribution in [3.63, 3.8) is 0 Å². The molecule has 0 fully saturated rings. The number of aromatic nitrogens is 1. The van der Waals surface area contributed by atoms with Crippen LogP contribution in [0.25, 0.3) is 0 Å². The molecule has 6 heteroatoms. The van der Waals surface area contributed by atoms with Gasteiger partial charge in [-0.2, -0.15) is 0 Å². The summed E-state index contributed by atoms with van der Waals surface area (Å²) in [4.78, 5) is 15.3. The lowest BCUT2D eigenvalue weighted by Crippen LogP contribution is -2.31. The summed E-state index contributed by atoms with van der Waals surface area (Å²) in [6.45, 7) is 3.81. The summed E-state index contributed by atoms with van der Waals surface area (Å²) < 4.78 is 0.686. The van der Waals surface area contributed by atoms with Crippen LogP contribution >= 0.6 is 23.6 Å². The molecule has 0 aliphatic carbocycles. The van der Waals surface area contributed by atoms with Gasteiger partial charge in [0, 0.05) is 17.1 Å². The molecular formula is C9H14N2O2S2. The Bertz CT molecular complexity index is 395. The number of rotatable bonds is 4. The molecule has 0 aromatic carbocycles. The maximum Gasteiger partial charge on any atom is 0.225 e. The Morgan fingerprint density at radius 2 is 2.40 bits per heavy atom. The second kappa shape index (κ2) is 5.39. The Kier molecular flexibility index (Phi) is 4.44. The topological polar surface area (TPSA) is 65.1 Å². The van der Waals surface area contributed by atoms with Crippen molar-refractivity contribution in [2.45, 2.75) is 26.4 Å². The SMILES string of the molecule is Cc1[nH]c(=S)sc1CC(=O)NCC(C)O. The fourth-order valence-corrected chi connectivity index (χ4v) is 2.37. The standard InChI is InChI=1S/C9H14N2O2S2/c1-5(12)4-10-8(13)3-7-6(2)11-9(14)15-7/h5,12H,3-4H2,1-2H3,(H,10,13)(H,11,14). The van der Waals surface area contributed by atoms with E-state index in [0.29, 0.717) is 10.4 Å². The van der Waals surface area contributed by atoms with Gasteiger partial charge in [-0.25, -0.2) is 0 Å². The van der Waals surface area contributed by atoms with Gasteiger partial charge in [0.1, 0.15) is 0 Å². The third-order valence-electron chi connectivity index (χ3n) is 1.84. The molecule has 1 unspecified atom stereocenters. The van der Waals surface area contributed by atoms with Crippen LogP contribution in [0, 0.1) is 10.9 Å². The van der Waals surface area contributed by atoms with E-state index in [0.717, 1.165) is 10.6 Å². The average Bonchev–Trinajstić information content (AvgIpc) is 2.42. The van der Waals surface area contributed by atoms with Crippen molar-refractivity contribution in [1.29, 1.82) is 0 Å². The number of aromatic amines is 1. The van der Waals surface area contributed by atoms with Crippen molar-refractivity contribution in [3.05, 3.63) is 14.5 Å². The number of aliphatic hydroxyl groups excluding tert-OH is 1. The average molecular weight is 246 g/mol. The molecule has 0 saturated heterocycles. The number of hydrogen-bond donors (Lipinski definition) is 3. The Morgan fingerprint density at radius 3 is 2.87 bits per heavy atom. The fourth-order valence-electron chi connectivity index (χ4n) is 1.08. The number of amides is 1. The minimum absolute atomic E-state index is 0.0933. The van der Waals surface area contributed by atoms with Gasteiger partial charge >= 0.3 is 0 Å². The minimum atomic E-state index is -0.514. The minimum Gasteiger partial charge on any atom is -0.392 e. The molecule has 1 atom stereocenters. The van der Waals surface area contributed by atoms with Crippen LogP contribution in [0.4, 0.5) is 0 Å². The molecule has 1 aromatic rings. The van der Waals surface area contributed by atoms with Gasteiger partial charge in [-0.1, -0.05) is 0 Å². The van der Waals surface area contributed by atoms with Crippen LogP contribution in [0.1, 0.15) is 17.5 Å². The first kappa shape index (κ1) is 12.4. The highest BCUT2D eigenvalue weighted by Crippen LogP contribution is 2.14. The van der Waals surface area contributed by atoms with Crippen LogP contribution < -0.4 is 5.32 Å². The van der Waals surface area contributed by atoms with E-state index in [1.54, 1.807) is 6.92 Å². The Labute approximate surface area is 97.3 Å². The molecule has 0 radical (unpaired) electrons. The largest absolute Gasteiger partial charge is 0.392 e. The third kappa shape index (κ3) is 4.11. The van der Waals surface area contributed by atoms with E-state index in [9.17, 15) is 4.79 Å². The Morgan fingerprint density at radius 1 is 1.73 bits per heavy atom. The second-order valence-corrected chi connectivity index (χ2v) is 5.16. The maximum atomic E-state index is 11.4. The van der Waals surface area contributed by atoms with Gasteiger partial charge in [0.15, 0.2) is 3.95 Å². The summed E-state index contributed by atoms with van der Waals surface area (Å²) in [6.07, 6.45) is -0.199. The van der Waals surface area contributed by atoms with E-state index >= 15 is 0 Å². The van der Waals surface area contributed by atoms with Gasteiger partial charge in [-0.3, -0.25) is 4.79 Å². The molecular weight excluding hydrogens is 232 g/mol. The zero-order valence-corrected chi connectivity index (χ0v) is 10.3. The Hall–Kier alpha value is -0.720. The molecule has 0 bridgehead atoms. The van der Waals surface area contributed by atoms with Gasteiger partial charge in [0.05, 0.1) is 12.5 Å².